The Kier molecular flexibility index (Phi) is 4.80. The number of aromatic nitrogens is 1. The van der Waals surface area contributed by atoms with Crippen molar-refractivity contribution in [3.63, 3.8) is 0 Å². The van der Waals surface area contributed by atoms with Crippen LogP contribution in [0.5, 0.6) is 11.6 Å². The third-order valence-corrected chi connectivity index (χ3v) is 5.44. The van der Waals surface area contributed by atoms with Crippen molar-refractivity contribution in [3.05, 3.63) is 123 Å². The smallest absolute Gasteiger partial charge is 0.269 e. The molecule has 1 N–H and O–H groups in total. The van der Waals surface area contributed by atoms with Crippen LogP contribution < -0.4 is 10.1 Å². The number of hydrogen-bond acceptors (Lipinski definition) is 5. The fourth-order valence-electron chi connectivity index (χ4n) is 3.88. The van der Waals surface area contributed by atoms with E-state index in [1.54, 1.807) is 18.3 Å². The molecule has 1 aromatic heterocycles. The van der Waals surface area contributed by atoms with Gasteiger partial charge in [0.2, 0.25) is 5.88 Å². The van der Waals surface area contributed by atoms with Gasteiger partial charge in [-0.3, -0.25) is 10.1 Å². The lowest BCUT2D eigenvalue weighted by Gasteiger charge is -2.27. The molecular formula is C25H19N3O3. The highest BCUT2D eigenvalue weighted by atomic mass is 16.6. The zero-order valence-electron chi connectivity index (χ0n) is 16.6. The molecule has 6 heteroatoms. The van der Waals surface area contributed by atoms with Crippen molar-refractivity contribution in [1.82, 2.24) is 4.98 Å². The van der Waals surface area contributed by atoms with Crippen LogP contribution in [0.2, 0.25) is 0 Å². The molecule has 3 aromatic carbocycles. The Bertz CT molecular complexity index is 1190. The van der Waals surface area contributed by atoms with Gasteiger partial charge in [-0.25, -0.2) is 4.98 Å². The van der Waals surface area contributed by atoms with Crippen LogP contribution in [-0.2, 0) is 6.54 Å². The lowest BCUT2D eigenvalue weighted by Crippen LogP contribution is -2.12. The van der Waals surface area contributed by atoms with Crippen molar-refractivity contribution >= 4 is 11.4 Å². The maximum Gasteiger partial charge on any atom is 0.269 e. The first-order valence-electron chi connectivity index (χ1n) is 9.98. The van der Waals surface area contributed by atoms with Gasteiger partial charge in [-0.2, -0.15) is 0 Å². The number of pyridine rings is 1. The van der Waals surface area contributed by atoms with Crippen molar-refractivity contribution in [1.29, 1.82) is 0 Å². The summed E-state index contributed by atoms with van der Waals surface area (Å²) in [6.07, 6.45) is 1.75. The van der Waals surface area contributed by atoms with Crippen LogP contribution in [-0.4, -0.2) is 9.91 Å². The molecule has 0 bridgehead atoms. The molecule has 31 heavy (non-hydrogen) atoms. The minimum atomic E-state index is -0.391. The molecule has 5 rings (SSSR count). The second-order valence-electron chi connectivity index (χ2n) is 7.37. The lowest BCUT2D eigenvalue weighted by atomic mass is 9.84. The average molecular weight is 409 g/mol. The number of nitro benzene ring substituents is 1. The van der Waals surface area contributed by atoms with Crippen LogP contribution in [0, 0.1) is 10.1 Å². The number of hydrogen-bond donors (Lipinski definition) is 1. The quantitative estimate of drug-likeness (QED) is 0.289. The first-order chi connectivity index (χ1) is 15.2. The van der Waals surface area contributed by atoms with Crippen LogP contribution in [0.3, 0.4) is 0 Å². The molecule has 4 aromatic rings. The molecule has 0 aliphatic carbocycles. The summed E-state index contributed by atoms with van der Waals surface area (Å²) in [6.45, 7) is 0.587. The van der Waals surface area contributed by atoms with Gasteiger partial charge in [0, 0.05) is 47.6 Å². The summed E-state index contributed by atoms with van der Waals surface area (Å²) in [5.74, 6) is 1.53. The first-order valence-corrected chi connectivity index (χ1v) is 9.98. The second kappa shape index (κ2) is 7.91. The standard InChI is InChI=1S/C25H19N3O3/c29-28(30)20-13-7-17(8-14-20)16-27-19-11-9-18(10-12-19)24-21-4-1-2-6-23(21)31-25-22(24)5-3-15-26-25/h1-15,24,27H,16H2. The minimum absolute atomic E-state index is 0.0531. The van der Waals surface area contributed by atoms with Crippen molar-refractivity contribution < 1.29 is 9.66 Å². The molecule has 1 aliphatic rings. The summed E-state index contributed by atoms with van der Waals surface area (Å²) in [5.41, 5.74) is 5.38. The van der Waals surface area contributed by atoms with E-state index in [-0.39, 0.29) is 11.6 Å². The molecule has 0 amide bonds. The van der Waals surface area contributed by atoms with Crippen molar-refractivity contribution in [2.45, 2.75) is 12.5 Å². The van der Waals surface area contributed by atoms with Gasteiger partial charge in [0.05, 0.1) is 4.92 Å². The Morgan fingerprint density at radius 2 is 1.65 bits per heavy atom. The zero-order chi connectivity index (χ0) is 21.2. The molecular weight excluding hydrogens is 390 g/mol. The predicted molar refractivity (Wildman–Crippen MR) is 119 cm³/mol. The number of rotatable bonds is 5. The van der Waals surface area contributed by atoms with Crippen LogP contribution in [0.4, 0.5) is 11.4 Å². The molecule has 6 nitrogen and oxygen atoms in total. The average Bonchev–Trinajstić information content (AvgIpc) is 2.82. The highest BCUT2D eigenvalue weighted by Crippen LogP contribution is 2.46. The molecule has 2 heterocycles. The zero-order valence-corrected chi connectivity index (χ0v) is 16.6. The summed E-state index contributed by atoms with van der Waals surface area (Å²) in [7, 11) is 0. The molecule has 1 atom stereocenters. The van der Waals surface area contributed by atoms with Crippen LogP contribution in [0.1, 0.15) is 28.2 Å². The Labute approximate surface area is 179 Å². The second-order valence-corrected chi connectivity index (χ2v) is 7.37. The number of nitro groups is 1. The summed E-state index contributed by atoms with van der Waals surface area (Å²) in [5, 5.41) is 14.2. The van der Waals surface area contributed by atoms with E-state index in [0.29, 0.717) is 12.4 Å². The number of para-hydroxylation sites is 1. The largest absolute Gasteiger partial charge is 0.438 e. The van der Waals surface area contributed by atoms with E-state index in [0.717, 1.165) is 33.7 Å². The predicted octanol–water partition coefficient (Wildman–Crippen LogP) is 5.89. The van der Waals surface area contributed by atoms with Crippen molar-refractivity contribution in [2.24, 2.45) is 0 Å². The molecule has 0 saturated carbocycles. The number of ether oxygens (including phenoxy) is 1. The number of fused-ring (bicyclic) bond motifs is 2. The molecule has 1 aliphatic heterocycles. The van der Waals surface area contributed by atoms with Crippen LogP contribution >= 0.6 is 0 Å². The van der Waals surface area contributed by atoms with E-state index in [4.69, 9.17) is 4.74 Å². The Morgan fingerprint density at radius 1 is 0.903 bits per heavy atom. The van der Waals surface area contributed by atoms with Crippen molar-refractivity contribution in [2.75, 3.05) is 5.32 Å². The Morgan fingerprint density at radius 3 is 2.42 bits per heavy atom. The molecule has 152 valence electrons. The third-order valence-electron chi connectivity index (χ3n) is 5.44. The normalized spacial score (nSPS) is 14.1. The number of nitrogens with zero attached hydrogens (tertiary/aromatic N) is 2. The highest BCUT2D eigenvalue weighted by Gasteiger charge is 2.28. The van der Waals surface area contributed by atoms with Gasteiger partial charge in [0.1, 0.15) is 5.75 Å². The number of non-ortho nitro benzene ring substituents is 1. The number of anilines is 1. The summed E-state index contributed by atoms with van der Waals surface area (Å²) in [6, 6.07) is 27.0. The monoisotopic (exact) mass is 409 g/mol. The van der Waals surface area contributed by atoms with Gasteiger partial charge < -0.3 is 10.1 Å². The van der Waals surface area contributed by atoms with Crippen molar-refractivity contribution in [3.8, 4) is 11.6 Å². The van der Waals surface area contributed by atoms with Gasteiger partial charge in [-0.1, -0.05) is 48.5 Å². The fourth-order valence-corrected chi connectivity index (χ4v) is 3.88. The van der Waals surface area contributed by atoms with Gasteiger partial charge in [0.25, 0.3) is 5.69 Å². The van der Waals surface area contributed by atoms with E-state index in [1.807, 2.05) is 24.3 Å². The Hall–Kier alpha value is -4.19. The van der Waals surface area contributed by atoms with E-state index in [2.05, 4.69) is 46.7 Å². The van der Waals surface area contributed by atoms with E-state index < -0.39 is 4.92 Å². The van der Waals surface area contributed by atoms with Gasteiger partial charge in [-0.05, 0) is 35.4 Å². The summed E-state index contributed by atoms with van der Waals surface area (Å²) in [4.78, 5) is 14.8. The van der Waals surface area contributed by atoms with Crippen LogP contribution in [0.25, 0.3) is 0 Å². The molecule has 0 spiro atoms. The molecule has 0 fully saturated rings. The first kappa shape index (κ1) is 18.8. The Balaban J connectivity index is 1.37. The molecule has 0 saturated heterocycles. The third kappa shape index (κ3) is 3.71. The van der Waals surface area contributed by atoms with E-state index >= 15 is 0 Å². The van der Waals surface area contributed by atoms with E-state index in [9.17, 15) is 10.1 Å². The number of nitrogens with one attached hydrogen (secondary N) is 1. The maximum absolute atomic E-state index is 10.8. The molecule has 0 radical (unpaired) electrons. The fraction of sp³-hybridized carbons (Fsp3) is 0.0800. The summed E-state index contributed by atoms with van der Waals surface area (Å²) < 4.78 is 6.00. The summed E-state index contributed by atoms with van der Waals surface area (Å²) >= 11 is 0. The SMILES string of the molecule is O=[N+]([O-])c1ccc(CNc2ccc(C3c4ccccc4Oc4ncccc43)cc2)cc1. The highest BCUT2D eigenvalue weighted by molar-refractivity contribution is 5.57. The van der Waals surface area contributed by atoms with Gasteiger partial charge in [0.15, 0.2) is 0 Å². The molecule has 1 unspecified atom stereocenters. The van der Waals surface area contributed by atoms with Gasteiger partial charge in [-0.15, -0.1) is 0 Å². The minimum Gasteiger partial charge on any atom is -0.438 e. The number of benzene rings is 3. The lowest BCUT2D eigenvalue weighted by molar-refractivity contribution is -0.384. The maximum atomic E-state index is 10.8. The van der Waals surface area contributed by atoms with E-state index in [1.165, 1.54) is 12.1 Å². The topological polar surface area (TPSA) is 77.3 Å². The van der Waals surface area contributed by atoms with Gasteiger partial charge >= 0.3 is 0 Å². The van der Waals surface area contributed by atoms with Crippen LogP contribution in [0.15, 0.2) is 91.1 Å².